The fourth-order valence-corrected chi connectivity index (χ4v) is 0.867. The molecule has 0 aliphatic carbocycles. The zero-order valence-corrected chi connectivity index (χ0v) is 7.36. The molecule has 0 rings (SSSR count). The van der Waals surface area contributed by atoms with Gasteiger partial charge >= 0.3 is 0 Å². The SMILES string of the molecule is [CH2]CCCCCCC#COC. The van der Waals surface area contributed by atoms with Crippen molar-refractivity contribution in [1.82, 2.24) is 0 Å². The lowest BCUT2D eigenvalue weighted by Gasteiger charge is -1.93. The van der Waals surface area contributed by atoms with Gasteiger partial charge in [0.25, 0.3) is 0 Å². The zero-order chi connectivity index (χ0) is 8.36. The molecule has 0 saturated heterocycles. The summed E-state index contributed by atoms with van der Waals surface area (Å²) < 4.78 is 4.60. The van der Waals surface area contributed by atoms with Gasteiger partial charge in [-0.1, -0.05) is 38.5 Å². The van der Waals surface area contributed by atoms with E-state index < -0.39 is 0 Å². The fourth-order valence-electron chi connectivity index (χ4n) is 0.867. The molecule has 0 saturated carbocycles. The van der Waals surface area contributed by atoms with Crippen LogP contribution in [-0.4, -0.2) is 7.11 Å². The van der Waals surface area contributed by atoms with Crippen LogP contribution in [0.2, 0.25) is 0 Å². The molecule has 0 aliphatic rings. The Morgan fingerprint density at radius 2 is 1.91 bits per heavy atom. The van der Waals surface area contributed by atoms with Crippen LogP contribution < -0.4 is 0 Å². The van der Waals surface area contributed by atoms with Gasteiger partial charge in [0.1, 0.15) is 6.11 Å². The number of unbranched alkanes of at least 4 members (excludes halogenated alkanes) is 5. The lowest BCUT2D eigenvalue weighted by atomic mass is 10.1. The summed E-state index contributed by atoms with van der Waals surface area (Å²) in [5, 5.41) is 0. The van der Waals surface area contributed by atoms with E-state index in [1.54, 1.807) is 7.11 Å². The molecule has 0 spiro atoms. The van der Waals surface area contributed by atoms with Crippen molar-refractivity contribution in [2.75, 3.05) is 7.11 Å². The molecule has 0 atom stereocenters. The molecule has 1 nitrogen and oxygen atoms in total. The second-order valence-electron chi connectivity index (χ2n) is 2.50. The van der Waals surface area contributed by atoms with Crippen molar-refractivity contribution in [3.63, 3.8) is 0 Å². The Balaban J connectivity index is 2.90. The minimum Gasteiger partial charge on any atom is -0.450 e. The van der Waals surface area contributed by atoms with E-state index in [1.807, 2.05) is 0 Å². The smallest absolute Gasteiger partial charge is 0.109 e. The van der Waals surface area contributed by atoms with Crippen molar-refractivity contribution in [3.8, 4) is 12.0 Å². The van der Waals surface area contributed by atoms with Gasteiger partial charge in [-0.25, -0.2) is 0 Å². The summed E-state index contributed by atoms with van der Waals surface area (Å²) in [7, 11) is 1.59. The summed E-state index contributed by atoms with van der Waals surface area (Å²) >= 11 is 0. The highest BCUT2D eigenvalue weighted by Crippen LogP contribution is 2.03. The van der Waals surface area contributed by atoms with Crippen LogP contribution in [0.4, 0.5) is 0 Å². The third-order valence-electron chi connectivity index (χ3n) is 1.48. The molecule has 0 heterocycles. The Bertz CT molecular complexity index is 119. The average Bonchev–Trinajstić information content (AvgIpc) is 2.03. The predicted molar refractivity (Wildman–Crippen MR) is 47.8 cm³/mol. The van der Waals surface area contributed by atoms with Crippen molar-refractivity contribution < 1.29 is 4.74 Å². The highest BCUT2D eigenvalue weighted by molar-refractivity contribution is 4.90. The Hall–Kier alpha value is -0.640. The predicted octanol–water partition coefficient (Wildman–Crippen LogP) is 2.77. The maximum atomic E-state index is 4.60. The van der Waals surface area contributed by atoms with Crippen LogP contribution in [0.1, 0.15) is 38.5 Å². The number of methoxy groups -OCH3 is 1. The summed E-state index contributed by atoms with van der Waals surface area (Å²) in [5.74, 6) is 2.92. The minimum atomic E-state index is 0.963. The van der Waals surface area contributed by atoms with Gasteiger partial charge in [-0.05, 0) is 6.42 Å². The van der Waals surface area contributed by atoms with Gasteiger partial charge in [0.15, 0.2) is 0 Å². The van der Waals surface area contributed by atoms with Crippen LogP contribution in [0.3, 0.4) is 0 Å². The van der Waals surface area contributed by atoms with E-state index >= 15 is 0 Å². The van der Waals surface area contributed by atoms with E-state index in [-0.39, 0.29) is 0 Å². The molecular formula is C10H17O. The molecule has 0 aromatic rings. The van der Waals surface area contributed by atoms with Crippen molar-refractivity contribution in [2.24, 2.45) is 0 Å². The average molecular weight is 153 g/mol. The van der Waals surface area contributed by atoms with Gasteiger partial charge in [-0.3, -0.25) is 0 Å². The van der Waals surface area contributed by atoms with E-state index in [0.29, 0.717) is 0 Å². The highest BCUT2D eigenvalue weighted by atomic mass is 16.5. The van der Waals surface area contributed by atoms with E-state index in [0.717, 1.165) is 12.8 Å². The molecule has 0 bridgehead atoms. The second-order valence-corrected chi connectivity index (χ2v) is 2.50. The molecule has 0 aromatic carbocycles. The third kappa shape index (κ3) is 9.36. The zero-order valence-electron chi connectivity index (χ0n) is 7.36. The maximum Gasteiger partial charge on any atom is 0.109 e. The van der Waals surface area contributed by atoms with Gasteiger partial charge in [0.2, 0.25) is 0 Å². The van der Waals surface area contributed by atoms with Crippen LogP contribution in [-0.2, 0) is 4.74 Å². The van der Waals surface area contributed by atoms with Gasteiger partial charge in [0.05, 0.1) is 7.11 Å². The molecule has 0 fully saturated rings. The molecule has 0 amide bonds. The summed E-state index contributed by atoms with van der Waals surface area (Å²) in [6.07, 6.45) is 9.60. The molecule has 0 unspecified atom stereocenters. The number of hydrogen-bond acceptors (Lipinski definition) is 1. The van der Waals surface area contributed by atoms with Crippen molar-refractivity contribution in [3.05, 3.63) is 6.92 Å². The normalized spacial score (nSPS) is 8.55. The van der Waals surface area contributed by atoms with E-state index in [2.05, 4.69) is 23.7 Å². The van der Waals surface area contributed by atoms with Crippen LogP contribution in [0.5, 0.6) is 0 Å². The van der Waals surface area contributed by atoms with Crippen LogP contribution in [0.25, 0.3) is 0 Å². The van der Waals surface area contributed by atoms with E-state index in [9.17, 15) is 0 Å². The van der Waals surface area contributed by atoms with Crippen LogP contribution >= 0.6 is 0 Å². The standard InChI is InChI=1S/C10H17O/c1-3-4-5-6-7-8-9-10-11-2/h1,3-8H2,2H3. The first-order valence-corrected chi connectivity index (χ1v) is 4.22. The lowest BCUT2D eigenvalue weighted by molar-refractivity contribution is 0.371. The molecule has 0 aliphatic heterocycles. The van der Waals surface area contributed by atoms with Crippen molar-refractivity contribution in [2.45, 2.75) is 38.5 Å². The van der Waals surface area contributed by atoms with Crippen LogP contribution in [0, 0.1) is 19.0 Å². The first-order chi connectivity index (χ1) is 5.41. The molecule has 11 heavy (non-hydrogen) atoms. The minimum absolute atomic E-state index is 0.963. The van der Waals surface area contributed by atoms with Crippen LogP contribution in [0.15, 0.2) is 0 Å². The Morgan fingerprint density at radius 1 is 1.18 bits per heavy atom. The third-order valence-corrected chi connectivity index (χ3v) is 1.48. The fraction of sp³-hybridized carbons (Fsp3) is 0.700. The Morgan fingerprint density at radius 3 is 2.55 bits per heavy atom. The summed E-state index contributed by atoms with van der Waals surface area (Å²) in [4.78, 5) is 0. The molecule has 63 valence electrons. The second kappa shape index (κ2) is 9.36. The number of rotatable bonds is 5. The monoisotopic (exact) mass is 153 g/mol. The van der Waals surface area contributed by atoms with E-state index in [4.69, 9.17) is 0 Å². The summed E-state index contributed by atoms with van der Waals surface area (Å²) in [6, 6.07) is 0. The molecule has 1 radical (unpaired) electrons. The van der Waals surface area contributed by atoms with E-state index in [1.165, 1.54) is 25.7 Å². The maximum absolute atomic E-state index is 4.60. The van der Waals surface area contributed by atoms with Gasteiger partial charge in [-0.2, -0.15) is 0 Å². The summed E-state index contributed by atoms with van der Waals surface area (Å²) in [6.45, 7) is 3.78. The van der Waals surface area contributed by atoms with Crippen molar-refractivity contribution >= 4 is 0 Å². The Kier molecular flexibility index (Phi) is 8.82. The lowest BCUT2D eigenvalue weighted by Crippen LogP contribution is -1.76. The first kappa shape index (κ1) is 10.4. The molecule has 1 heteroatoms. The largest absolute Gasteiger partial charge is 0.450 e. The Labute approximate surface area is 70.1 Å². The van der Waals surface area contributed by atoms with Crippen molar-refractivity contribution in [1.29, 1.82) is 0 Å². The highest BCUT2D eigenvalue weighted by Gasteiger charge is 1.85. The number of ether oxygens (including phenoxy) is 1. The summed E-state index contributed by atoms with van der Waals surface area (Å²) in [5.41, 5.74) is 0. The molecule has 0 aromatic heterocycles. The van der Waals surface area contributed by atoms with Gasteiger partial charge in [0, 0.05) is 6.42 Å². The van der Waals surface area contributed by atoms with Gasteiger partial charge in [-0.15, -0.1) is 0 Å². The molecular weight excluding hydrogens is 136 g/mol. The topological polar surface area (TPSA) is 9.23 Å². The first-order valence-electron chi connectivity index (χ1n) is 4.22. The van der Waals surface area contributed by atoms with Gasteiger partial charge < -0.3 is 4.74 Å². The number of hydrogen-bond donors (Lipinski definition) is 0. The molecule has 0 N–H and O–H groups in total. The quantitative estimate of drug-likeness (QED) is 0.436.